The minimum absolute atomic E-state index is 0.101. The Labute approximate surface area is 125 Å². The molecule has 4 heteroatoms. The molecule has 3 rings (SSSR count). The van der Waals surface area contributed by atoms with Crippen molar-refractivity contribution in [1.82, 2.24) is 10.4 Å². The van der Waals surface area contributed by atoms with Crippen LogP contribution in [0.4, 0.5) is 0 Å². The van der Waals surface area contributed by atoms with Crippen molar-refractivity contribution < 1.29 is 4.74 Å². The molecule has 1 atom stereocenters. The lowest BCUT2D eigenvalue weighted by atomic mass is 9.98. The van der Waals surface area contributed by atoms with Crippen molar-refractivity contribution in [2.75, 3.05) is 0 Å². The summed E-state index contributed by atoms with van der Waals surface area (Å²) in [5.74, 6) is 6.69. The summed E-state index contributed by atoms with van der Waals surface area (Å²) in [5.41, 5.74) is 6.16. The average Bonchev–Trinajstić information content (AvgIpc) is 3.34. The number of rotatable bonds is 6. The summed E-state index contributed by atoms with van der Waals surface area (Å²) in [7, 11) is 0. The molecule has 1 heterocycles. The topological polar surface area (TPSA) is 60.2 Å². The smallest absolute Gasteiger partial charge is 0.119 e. The van der Waals surface area contributed by atoms with Crippen LogP contribution in [0.25, 0.3) is 0 Å². The van der Waals surface area contributed by atoms with Crippen LogP contribution < -0.4 is 16.0 Å². The molecular weight excluding hydrogens is 262 g/mol. The summed E-state index contributed by atoms with van der Waals surface area (Å²) in [6.45, 7) is 2.13. The Morgan fingerprint density at radius 1 is 1.29 bits per heavy atom. The molecule has 1 aliphatic rings. The summed E-state index contributed by atoms with van der Waals surface area (Å²) in [6.07, 6.45) is 5.50. The molecule has 4 nitrogen and oxygen atoms in total. The molecule has 0 radical (unpaired) electrons. The SMILES string of the molecule is CCc1cccnc1C(NN)c1ccc(OC2CC2)cc1. The van der Waals surface area contributed by atoms with Gasteiger partial charge in [-0.3, -0.25) is 10.8 Å². The lowest BCUT2D eigenvalue weighted by Crippen LogP contribution is -2.30. The van der Waals surface area contributed by atoms with Crippen LogP contribution in [0.2, 0.25) is 0 Å². The number of aryl methyl sites for hydroxylation is 1. The van der Waals surface area contributed by atoms with Gasteiger partial charge in [0.05, 0.1) is 17.8 Å². The monoisotopic (exact) mass is 283 g/mol. The summed E-state index contributed by atoms with van der Waals surface area (Å²) >= 11 is 0. The summed E-state index contributed by atoms with van der Waals surface area (Å²) in [5, 5.41) is 0. The van der Waals surface area contributed by atoms with E-state index in [1.807, 2.05) is 24.4 Å². The highest BCUT2D eigenvalue weighted by Crippen LogP contribution is 2.29. The molecular formula is C17H21N3O. The predicted octanol–water partition coefficient (Wildman–Crippen LogP) is 2.74. The van der Waals surface area contributed by atoms with Crippen molar-refractivity contribution in [1.29, 1.82) is 0 Å². The molecule has 1 unspecified atom stereocenters. The third kappa shape index (κ3) is 3.23. The molecule has 21 heavy (non-hydrogen) atoms. The minimum Gasteiger partial charge on any atom is -0.490 e. The van der Waals surface area contributed by atoms with E-state index in [-0.39, 0.29) is 6.04 Å². The zero-order valence-corrected chi connectivity index (χ0v) is 12.3. The van der Waals surface area contributed by atoms with E-state index in [2.05, 4.69) is 35.5 Å². The molecule has 2 aromatic rings. The van der Waals surface area contributed by atoms with Crippen molar-refractivity contribution in [3.05, 3.63) is 59.4 Å². The third-order valence-electron chi connectivity index (χ3n) is 3.79. The van der Waals surface area contributed by atoms with Crippen LogP contribution >= 0.6 is 0 Å². The summed E-state index contributed by atoms with van der Waals surface area (Å²) in [4.78, 5) is 4.50. The first-order valence-corrected chi connectivity index (χ1v) is 7.48. The molecule has 0 aliphatic heterocycles. The van der Waals surface area contributed by atoms with Crippen LogP contribution in [0, 0.1) is 0 Å². The fraction of sp³-hybridized carbons (Fsp3) is 0.353. The molecule has 1 aliphatic carbocycles. The highest BCUT2D eigenvalue weighted by molar-refractivity contribution is 5.36. The molecule has 0 amide bonds. The van der Waals surface area contributed by atoms with E-state index < -0.39 is 0 Å². The fourth-order valence-electron chi connectivity index (χ4n) is 2.46. The van der Waals surface area contributed by atoms with E-state index in [1.165, 1.54) is 18.4 Å². The second-order valence-electron chi connectivity index (χ2n) is 5.39. The van der Waals surface area contributed by atoms with Gasteiger partial charge in [0.1, 0.15) is 5.75 Å². The van der Waals surface area contributed by atoms with Gasteiger partial charge in [0.25, 0.3) is 0 Å². The first-order valence-electron chi connectivity index (χ1n) is 7.48. The average molecular weight is 283 g/mol. The van der Waals surface area contributed by atoms with Gasteiger partial charge < -0.3 is 4.74 Å². The van der Waals surface area contributed by atoms with Crippen molar-refractivity contribution in [2.24, 2.45) is 5.84 Å². The van der Waals surface area contributed by atoms with E-state index in [0.717, 1.165) is 23.4 Å². The van der Waals surface area contributed by atoms with Crippen molar-refractivity contribution >= 4 is 0 Å². The Bertz CT molecular complexity index is 593. The van der Waals surface area contributed by atoms with Crippen molar-refractivity contribution in [3.8, 4) is 5.75 Å². The van der Waals surface area contributed by atoms with E-state index in [4.69, 9.17) is 10.6 Å². The van der Waals surface area contributed by atoms with Gasteiger partial charge in [-0.15, -0.1) is 0 Å². The lowest BCUT2D eigenvalue weighted by molar-refractivity contribution is 0.303. The zero-order valence-electron chi connectivity index (χ0n) is 12.3. The zero-order chi connectivity index (χ0) is 14.7. The second kappa shape index (κ2) is 6.24. The van der Waals surface area contributed by atoms with Gasteiger partial charge in [-0.05, 0) is 48.6 Å². The minimum atomic E-state index is -0.101. The number of hydrogen-bond donors (Lipinski definition) is 2. The number of benzene rings is 1. The van der Waals surface area contributed by atoms with Gasteiger partial charge in [0.15, 0.2) is 0 Å². The lowest BCUT2D eigenvalue weighted by Gasteiger charge is -2.19. The molecule has 0 saturated heterocycles. The van der Waals surface area contributed by atoms with Crippen LogP contribution in [-0.2, 0) is 6.42 Å². The maximum atomic E-state index is 5.78. The largest absolute Gasteiger partial charge is 0.490 e. The number of aromatic nitrogens is 1. The van der Waals surface area contributed by atoms with Crippen LogP contribution in [-0.4, -0.2) is 11.1 Å². The van der Waals surface area contributed by atoms with Crippen LogP contribution in [0.15, 0.2) is 42.6 Å². The van der Waals surface area contributed by atoms with Gasteiger partial charge in [0.2, 0.25) is 0 Å². The van der Waals surface area contributed by atoms with Crippen molar-refractivity contribution in [3.63, 3.8) is 0 Å². The maximum Gasteiger partial charge on any atom is 0.119 e. The first-order chi connectivity index (χ1) is 10.3. The highest BCUT2D eigenvalue weighted by Gasteiger charge is 2.23. The van der Waals surface area contributed by atoms with Crippen LogP contribution in [0.5, 0.6) is 5.75 Å². The molecule has 0 spiro atoms. The summed E-state index contributed by atoms with van der Waals surface area (Å²) < 4.78 is 5.78. The molecule has 1 aromatic heterocycles. The Morgan fingerprint density at radius 3 is 2.67 bits per heavy atom. The quantitative estimate of drug-likeness (QED) is 0.632. The standard InChI is InChI=1S/C17H21N3O/c1-2-12-4-3-11-19-16(12)17(20-18)13-5-7-14(8-6-13)21-15-9-10-15/h3-8,11,15,17,20H,2,9-10,18H2,1H3. The Balaban J connectivity index is 1.84. The van der Waals surface area contributed by atoms with Gasteiger partial charge >= 0.3 is 0 Å². The predicted molar refractivity (Wildman–Crippen MR) is 82.9 cm³/mol. The molecule has 1 aromatic carbocycles. The third-order valence-corrected chi connectivity index (χ3v) is 3.79. The number of pyridine rings is 1. The number of hydrazine groups is 1. The fourth-order valence-corrected chi connectivity index (χ4v) is 2.46. The van der Waals surface area contributed by atoms with Gasteiger partial charge in [-0.2, -0.15) is 0 Å². The maximum absolute atomic E-state index is 5.78. The first kappa shape index (κ1) is 14.0. The Hall–Kier alpha value is -1.91. The van der Waals surface area contributed by atoms with E-state index in [0.29, 0.717) is 6.10 Å². The number of nitrogens with one attached hydrogen (secondary N) is 1. The number of ether oxygens (including phenoxy) is 1. The molecule has 3 N–H and O–H groups in total. The molecule has 1 fully saturated rings. The van der Waals surface area contributed by atoms with Crippen molar-refractivity contribution in [2.45, 2.75) is 38.3 Å². The van der Waals surface area contributed by atoms with Gasteiger partial charge in [-0.1, -0.05) is 25.1 Å². The molecule has 110 valence electrons. The Kier molecular flexibility index (Phi) is 4.18. The molecule has 1 saturated carbocycles. The molecule has 0 bridgehead atoms. The van der Waals surface area contributed by atoms with Crippen LogP contribution in [0.3, 0.4) is 0 Å². The number of hydrogen-bond acceptors (Lipinski definition) is 4. The van der Waals surface area contributed by atoms with E-state index in [1.54, 1.807) is 0 Å². The Morgan fingerprint density at radius 2 is 2.05 bits per heavy atom. The summed E-state index contributed by atoms with van der Waals surface area (Å²) in [6, 6.07) is 12.1. The number of nitrogens with two attached hydrogens (primary N) is 1. The van der Waals surface area contributed by atoms with Crippen LogP contribution in [0.1, 0.15) is 42.6 Å². The van der Waals surface area contributed by atoms with Gasteiger partial charge in [-0.25, -0.2) is 5.43 Å². The highest BCUT2D eigenvalue weighted by atomic mass is 16.5. The van der Waals surface area contributed by atoms with E-state index in [9.17, 15) is 0 Å². The normalized spacial score (nSPS) is 15.7. The second-order valence-corrected chi connectivity index (χ2v) is 5.39. The van der Waals surface area contributed by atoms with E-state index >= 15 is 0 Å². The number of nitrogens with zero attached hydrogens (tertiary/aromatic N) is 1. The van der Waals surface area contributed by atoms with Gasteiger partial charge in [0, 0.05) is 6.20 Å².